The first kappa shape index (κ1) is 11.5. The number of hydrogen-bond donors (Lipinski definition) is 1. The smallest absolute Gasteiger partial charge is 0.335 e. The number of rotatable bonds is 4. The zero-order chi connectivity index (χ0) is 11.4. The Morgan fingerprint density at radius 3 is 2.53 bits per heavy atom. The van der Waals surface area contributed by atoms with Crippen molar-refractivity contribution in [1.29, 1.82) is 0 Å². The first-order valence-corrected chi connectivity index (χ1v) is 4.52. The maximum Gasteiger partial charge on any atom is 0.335 e. The van der Waals surface area contributed by atoms with Crippen molar-refractivity contribution in [2.75, 3.05) is 13.9 Å². The molecule has 0 aliphatic carbocycles. The Morgan fingerprint density at radius 1 is 1.33 bits per heavy atom. The van der Waals surface area contributed by atoms with Crippen LogP contribution in [0.1, 0.15) is 21.5 Å². The molecule has 0 radical (unpaired) electrons. The number of methoxy groups -OCH3 is 1. The minimum Gasteiger partial charge on any atom is -0.478 e. The molecule has 4 heteroatoms. The summed E-state index contributed by atoms with van der Waals surface area (Å²) in [6, 6.07) is 3.31. The minimum absolute atomic E-state index is 0.159. The van der Waals surface area contributed by atoms with Crippen LogP contribution < -0.4 is 4.74 Å². The molecule has 0 heterocycles. The number of hydrogen-bond acceptors (Lipinski definition) is 3. The SMILES string of the molecule is COCOc1cc(C)c(C(=O)O)cc1C. The van der Waals surface area contributed by atoms with Gasteiger partial charge in [0.15, 0.2) is 6.79 Å². The fourth-order valence-corrected chi connectivity index (χ4v) is 1.30. The Morgan fingerprint density at radius 2 is 2.00 bits per heavy atom. The summed E-state index contributed by atoms with van der Waals surface area (Å²) in [5.74, 6) is -0.270. The summed E-state index contributed by atoms with van der Waals surface area (Å²) in [5.41, 5.74) is 1.77. The van der Waals surface area contributed by atoms with Crippen LogP contribution in [0, 0.1) is 13.8 Å². The van der Waals surface area contributed by atoms with E-state index < -0.39 is 5.97 Å². The van der Waals surface area contributed by atoms with Crippen molar-refractivity contribution in [2.24, 2.45) is 0 Å². The third kappa shape index (κ3) is 2.70. The van der Waals surface area contributed by atoms with Crippen LogP contribution >= 0.6 is 0 Å². The molecule has 0 bridgehead atoms. The van der Waals surface area contributed by atoms with E-state index in [-0.39, 0.29) is 6.79 Å². The molecule has 0 unspecified atom stereocenters. The molecule has 1 aromatic carbocycles. The van der Waals surface area contributed by atoms with E-state index in [0.717, 1.165) is 5.56 Å². The van der Waals surface area contributed by atoms with Crippen LogP contribution in [-0.2, 0) is 4.74 Å². The van der Waals surface area contributed by atoms with Crippen LogP contribution in [-0.4, -0.2) is 25.0 Å². The molecule has 0 saturated heterocycles. The van der Waals surface area contributed by atoms with E-state index in [4.69, 9.17) is 14.6 Å². The molecule has 0 aliphatic heterocycles. The van der Waals surface area contributed by atoms with Gasteiger partial charge in [0.05, 0.1) is 5.56 Å². The highest BCUT2D eigenvalue weighted by Crippen LogP contribution is 2.22. The molecule has 82 valence electrons. The predicted molar refractivity (Wildman–Crippen MR) is 55.4 cm³/mol. The Hall–Kier alpha value is -1.55. The van der Waals surface area contributed by atoms with Gasteiger partial charge in [0.25, 0.3) is 0 Å². The number of ether oxygens (including phenoxy) is 2. The van der Waals surface area contributed by atoms with Crippen LogP contribution in [0.25, 0.3) is 0 Å². The van der Waals surface area contributed by atoms with Gasteiger partial charge >= 0.3 is 5.97 Å². The first-order valence-electron chi connectivity index (χ1n) is 4.52. The van der Waals surface area contributed by atoms with E-state index in [1.54, 1.807) is 26.0 Å². The van der Waals surface area contributed by atoms with Crippen molar-refractivity contribution in [2.45, 2.75) is 13.8 Å². The summed E-state index contributed by atoms with van der Waals surface area (Å²) >= 11 is 0. The molecule has 4 nitrogen and oxygen atoms in total. The highest BCUT2D eigenvalue weighted by Gasteiger charge is 2.10. The predicted octanol–water partition coefficient (Wildman–Crippen LogP) is 1.98. The van der Waals surface area contributed by atoms with Crippen molar-refractivity contribution in [3.05, 3.63) is 28.8 Å². The molecule has 15 heavy (non-hydrogen) atoms. The number of aromatic carboxylic acids is 1. The zero-order valence-electron chi connectivity index (χ0n) is 9.03. The van der Waals surface area contributed by atoms with Crippen LogP contribution in [0.5, 0.6) is 5.75 Å². The fraction of sp³-hybridized carbons (Fsp3) is 0.364. The Balaban J connectivity index is 3.02. The van der Waals surface area contributed by atoms with Gasteiger partial charge in [0.1, 0.15) is 5.75 Å². The second-order valence-corrected chi connectivity index (χ2v) is 3.29. The molecular weight excluding hydrogens is 196 g/mol. The maximum absolute atomic E-state index is 10.8. The van der Waals surface area contributed by atoms with E-state index in [9.17, 15) is 4.79 Å². The molecule has 0 atom stereocenters. The van der Waals surface area contributed by atoms with Crippen molar-refractivity contribution in [1.82, 2.24) is 0 Å². The third-order valence-electron chi connectivity index (χ3n) is 2.08. The lowest BCUT2D eigenvalue weighted by molar-refractivity contribution is 0.0505. The van der Waals surface area contributed by atoms with Crippen molar-refractivity contribution in [3.8, 4) is 5.75 Å². The second-order valence-electron chi connectivity index (χ2n) is 3.29. The summed E-state index contributed by atoms with van der Waals surface area (Å²) in [6.45, 7) is 3.70. The van der Waals surface area contributed by atoms with Gasteiger partial charge in [-0.1, -0.05) is 0 Å². The van der Waals surface area contributed by atoms with E-state index in [0.29, 0.717) is 16.9 Å². The van der Waals surface area contributed by atoms with E-state index >= 15 is 0 Å². The number of carbonyl (C=O) groups is 1. The summed E-state index contributed by atoms with van der Waals surface area (Å²) in [4.78, 5) is 10.8. The van der Waals surface area contributed by atoms with Gasteiger partial charge < -0.3 is 14.6 Å². The molecule has 0 amide bonds. The van der Waals surface area contributed by atoms with Gasteiger partial charge in [0.2, 0.25) is 0 Å². The lowest BCUT2D eigenvalue weighted by atomic mass is 10.0. The maximum atomic E-state index is 10.8. The highest BCUT2D eigenvalue weighted by molar-refractivity contribution is 5.89. The lowest BCUT2D eigenvalue weighted by Crippen LogP contribution is -2.04. The zero-order valence-corrected chi connectivity index (χ0v) is 9.03. The van der Waals surface area contributed by atoms with Crippen LogP contribution in [0.3, 0.4) is 0 Å². The Bertz CT molecular complexity index is 371. The van der Waals surface area contributed by atoms with Crippen molar-refractivity contribution in [3.63, 3.8) is 0 Å². The molecule has 0 spiro atoms. The van der Waals surface area contributed by atoms with Crippen LogP contribution in [0.4, 0.5) is 0 Å². The van der Waals surface area contributed by atoms with E-state index in [2.05, 4.69) is 0 Å². The molecule has 0 aromatic heterocycles. The largest absolute Gasteiger partial charge is 0.478 e. The Labute approximate surface area is 88.4 Å². The number of aryl methyl sites for hydroxylation is 2. The van der Waals surface area contributed by atoms with E-state index in [1.807, 2.05) is 0 Å². The summed E-state index contributed by atoms with van der Waals surface area (Å²) in [7, 11) is 1.54. The van der Waals surface area contributed by atoms with Gasteiger partial charge in [0, 0.05) is 7.11 Å². The van der Waals surface area contributed by atoms with Crippen molar-refractivity contribution >= 4 is 5.97 Å². The summed E-state index contributed by atoms with van der Waals surface area (Å²) < 4.78 is 10.1. The van der Waals surface area contributed by atoms with Gasteiger partial charge in [-0.05, 0) is 37.1 Å². The average molecular weight is 210 g/mol. The van der Waals surface area contributed by atoms with Gasteiger partial charge in [-0.15, -0.1) is 0 Å². The number of carboxylic acid groups (broad SMARTS) is 1. The molecule has 1 N–H and O–H groups in total. The number of benzene rings is 1. The molecule has 0 aliphatic rings. The van der Waals surface area contributed by atoms with Crippen LogP contribution in [0.2, 0.25) is 0 Å². The second kappa shape index (κ2) is 4.79. The third-order valence-corrected chi connectivity index (χ3v) is 2.08. The fourth-order valence-electron chi connectivity index (χ4n) is 1.30. The molecule has 0 saturated carbocycles. The Kier molecular flexibility index (Phi) is 3.68. The van der Waals surface area contributed by atoms with E-state index in [1.165, 1.54) is 7.11 Å². The molecule has 1 aromatic rings. The standard InChI is InChI=1S/C11H14O4/c1-7-5-10(15-6-14-3)8(2)4-9(7)11(12)13/h4-5H,6H2,1-3H3,(H,12,13). The first-order chi connectivity index (χ1) is 7.06. The van der Waals surface area contributed by atoms with Gasteiger partial charge in [-0.25, -0.2) is 4.79 Å². The summed E-state index contributed by atoms with van der Waals surface area (Å²) in [5, 5.41) is 8.89. The average Bonchev–Trinajstić information content (AvgIpc) is 2.18. The normalized spacial score (nSPS) is 10.1. The number of carboxylic acids is 1. The lowest BCUT2D eigenvalue weighted by Gasteiger charge is -2.10. The van der Waals surface area contributed by atoms with Crippen molar-refractivity contribution < 1.29 is 19.4 Å². The molecule has 1 rings (SSSR count). The molecular formula is C11H14O4. The minimum atomic E-state index is -0.922. The quantitative estimate of drug-likeness (QED) is 0.772. The van der Waals surface area contributed by atoms with Crippen LogP contribution in [0.15, 0.2) is 12.1 Å². The topological polar surface area (TPSA) is 55.8 Å². The van der Waals surface area contributed by atoms with Gasteiger partial charge in [-0.2, -0.15) is 0 Å². The highest BCUT2D eigenvalue weighted by atomic mass is 16.7. The van der Waals surface area contributed by atoms with Gasteiger partial charge in [-0.3, -0.25) is 0 Å². The monoisotopic (exact) mass is 210 g/mol. The molecule has 0 fully saturated rings. The summed E-state index contributed by atoms with van der Waals surface area (Å²) in [6.07, 6.45) is 0.